The molecule has 0 heteroatoms. The molecule has 2 atom stereocenters. The molecule has 1 saturated carbocycles. The molecule has 0 N–H and O–H groups in total. The molecule has 0 spiro atoms. The molecule has 0 heterocycles. The molecule has 35 heavy (non-hydrogen) atoms. The molecule has 1 fully saturated rings. The van der Waals surface area contributed by atoms with Crippen LogP contribution in [0, 0.1) is 12.8 Å². The molecular formula is C35H36. The Bertz CT molecular complexity index is 1320. The normalized spacial score (nSPS) is 22.8. The Morgan fingerprint density at radius 1 is 0.943 bits per heavy atom. The lowest BCUT2D eigenvalue weighted by atomic mass is 9.69. The van der Waals surface area contributed by atoms with Gasteiger partial charge in [-0.15, -0.1) is 0 Å². The van der Waals surface area contributed by atoms with Crippen LogP contribution in [0.2, 0.25) is 0 Å². The SMILES string of the molecule is C=C(CCC)C1=C(C)C=C2C/C(=C\C3=CC=C(c4ccc(C)cc4)C3)C(=C)C2C1c1ccccc1. The van der Waals surface area contributed by atoms with E-state index in [4.69, 9.17) is 0 Å². The van der Waals surface area contributed by atoms with Gasteiger partial charge in [0.25, 0.3) is 0 Å². The van der Waals surface area contributed by atoms with E-state index < -0.39 is 0 Å². The zero-order valence-electron chi connectivity index (χ0n) is 21.4. The minimum Gasteiger partial charge on any atom is -0.0955 e. The van der Waals surface area contributed by atoms with E-state index in [9.17, 15) is 0 Å². The zero-order chi connectivity index (χ0) is 24.5. The van der Waals surface area contributed by atoms with Crippen LogP contribution in [0.3, 0.4) is 0 Å². The first kappa shape index (κ1) is 23.4. The van der Waals surface area contributed by atoms with Crippen LogP contribution in [0.15, 0.2) is 131 Å². The van der Waals surface area contributed by atoms with Gasteiger partial charge in [0, 0.05) is 11.8 Å². The van der Waals surface area contributed by atoms with E-state index in [1.165, 1.54) is 61.3 Å². The summed E-state index contributed by atoms with van der Waals surface area (Å²) in [5, 5.41) is 0. The number of benzene rings is 2. The van der Waals surface area contributed by atoms with E-state index in [0.717, 1.165) is 25.7 Å². The molecule has 3 aliphatic rings. The molecule has 3 aliphatic carbocycles. The Morgan fingerprint density at radius 2 is 1.69 bits per heavy atom. The van der Waals surface area contributed by atoms with Crippen LogP contribution in [-0.4, -0.2) is 0 Å². The summed E-state index contributed by atoms with van der Waals surface area (Å²) in [4.78, 5) is 0. The van der Waals surface area contributed by atoms with E-state index in [-0.39, 0.29) is 0 Å². The molecule has 0 radical (unpaired) electrons. The first-order valence-corrected chi connectivity index (χ1v) is 13.0. The van der Waals surface area contributed by atoms with Crippen LogP contribution in [0.1, 0.15) is 62.1 Å². The minimum absolute atomic E-state index is 0.299. The minimum atomic E-state index is 0.299. The molecule has 2 unspecified atom stereocenters. The summed E-state index contributed by atoms with van der Waals surface area (Å²) >= 11 is 0. The summed E-state index contributed by atoms with van der Waals surface area (Å²) in [5.41, 5.74) is 15.0. The third-order valence-electron chi connectivity index (χ3n) is 7.82. The smallest absolute Gasteiger partial charge is 0.0201 e. The summed E-state index contributed by atoms with van der Waals surface area (Å²) in [7, 11) is 0. The summed E-state index contributed by atoms with van der Waals surface area (Å²) in [5.74, 6) is 0.620. The highest BCUT2D eigenvalue weighted by atomic mass is 14.4. The fourth-order valence-electron chi connectivity index (χ4n) is 6.12. The van der Waals surface area contributed by atoms with Crippen molar-refractivity contribution in [2.24, 2.45) is 5.92 Å². The van der Waals surface area contributed by atoms with E-state index in [2.05, 4.69) is 113 Å². The average Bonchev–Trinajstić information content (AvgIpc) is 3.44. The summed E-state index contributed by atoms with van der Waals surface area (Å²) in [6.45, 7) is 15.9. The van der Waals surface area contributed by atoms with Crippen molar-refractivity contribution >= 4 is 5.57 Å². The van der Waals surface area contributed by atoms with Gasteiger partial charge in [-0.2, -0.15) is 0 Å². The Kier molecular flexibility index (Phi) is 6.48. The largest absolute Gasteiger partial charge is 0.0955 e. The van der Waals surface area contributed by atoms with E-state index >= 15 is 0 Å². The van der Waals surface area contributed by atoms with Crippen LogP contribution in [-0.2, 0) is 0 Å². The maximum absolute atomic E-state index is 4.68. The molecule has 2 aromatic carbocycles. The van der Waals surface area contributed by atoms with Gasteiger partial charge in [0.15, 0.2) is 0 Å². The van der Waals surface area contributed by atoms with Crippen LogP contribution in [0.25, 0.3) is 5.57 Å². The van der Waals surface area contributed by atoms with Gasteiger partial charge >= 0.3 is 0 Å². The van der Waals surface area contributed by atoms with Gasteiger partial charge < -0.3 is 0 Å². The standard InChI is InChI=1S/C35H36/c1-6-10-24(3)33-25(4)19-32-22-31(26(5)34(32)35(33)29-11-8-7-9-12-29)21-27-15-18-30(20-27)28-16-13-23(2)14-17-28/h7-9,11-19,21,34-35H,3,5-6,10,20,22H2,1-2,4H3/b31-21+. The zero-order valence-corrected chi connectivity index (χ0v) is 21.4. The van der Waals surface area contributed by atoms with Gasteiger partial charge in [-0.25, -0.2) is 0 Å². The second-order valence-corrected chi connectivity index (χ2v) is 10.4. The summed E-state index contributed by atoms with van der Waals surface area (Å²) in [6.07, 6.45) is 13.6. The molecule has 0 aliphatic heterocycles. The highest BCUT2D eigenvalue weighted by molar-refractivity contribution is 5.74. The molecule has 176 valence electrons. The van der Waals surface area contributed by atoms with Gasteiger partial charge in [0.2, 0.25) is 0 Å². The Labute approximate surface area is 211 Å². The van der Waals surface area contributed by atoms with Crippen molar-refractivity contribution in [1.29, 1.82) is 0 Å². The lowest BCUT2D eigenvalue weighted by Gasteiger charge is -2.34. The Hall–Kier alpha value is -3.38. The van der Waals surface area contributed by atoms with Crippen LogP contribution in [0.4, 0.5) is 0 Å². The maximum Gasteiger partial charge on any atom is 0.0201 e. The van der Waals surface area contributed by atoms with E-state index in [1.54, 1.807) is 0 Å². The third kappa shape index (κ3) is 4.50. The number of fused-ring (bicyclic) bond motifs is 1. The second-order valence-electron chi connectivity index (χ2n) is 10.4. The van der Waals surface area contributed by atoms with Crippen molar-refractivity contribution in [3.63, 3.8) is 0 Å². The van der Waals surface area contributed by atoms with Crippen LogP contribution in [0.5, 0.6) is 0 Å². The van der Waals surface area contributed by atoms with Gasteiger partial charge in [0.05, 0.1) is 0 Å². The molecule has 0 aromatic heterocycles. The van der Waals surface area contributed by atoms with Crippen molar-refractivity contribution in [3.8, 4) is 0 Å². The molecule has 0 bridgehead atoms. The van der Waals surface area contributed by atoms with Crippen LogP contribution < -0.4 is 0 Å². The Balaban J connectivity index is 1.44. The predicted molar refractivity (Wildman–Crippen MR) is 151 cm³/mol. The van der Waals surface area contributed by atoms with Crippen molar-refractivity contribution < 1.29 is 0 Å². The third-order valence-corrected chi connectivity index (χ3v) is 7.82. The summed E-state index contributed by atoms with van der Waals surface area (Å²) < 4.78 is 0. The lowest BCUT2D eigenvalue weighted by molar-refractivity contribution is 0.619. The molecule has 5 rings (SSSR count). The maximum atomic E-state index is 4.68. The first-order valence-electron chi connectivity index (χ1n) is 13.0. The summed E-state index contributed by atoms with van der Waals surface area (Å²) in [6, 6.07) is 19.9. The van der Waals surface area contributed by atoms with E-state index in [1.807, 2.05) is 0 Å². The van der Waals surface area contributed by atoms with Gasteiger partial charge in [0.1, 0.15) is 0 Å². The molecular weight excluding hydrogens is 420 g/mol. The highest BCUT2D eigenvalue weighted by Gasteiger charge is 2.40. The lowest BCUT2D eigenvalue weighted by Crippen LogP contribution is -2.21. The van der Waals surface area contributed by atoms with Gasteiger partial charge in [-0.3, -0.25) is 0 Å². The molecule has 0 saturated heterocycles. The van der Waals surface area contributed by atoms with Gasteiger partial charge in [-0.05, 0) is 77.7 Å². The number of rotatable bonds is 6. The first-order chi connectivity index (χ1) is 17.0. The van der Waals surface area contributed by atoms with Crippen molar-refractivity contribution in [2.45, 2.75) is 52.4 Å². The monoisotopic (exact) mass is 456 g/mol. The fourth-order valence-corrected chi connectivity index (χ4v) is 6.12. The highest BCUT2D eigenvalue weighted by Crippen LogP contribution is 2.55. The number of aryl methyl sites for hydroxylation is 1. The topological polar surface area (TPSA) is 0 Å². The van der Waals surface area contributed by atoms with Crippen molar-refractivity contribution in [1.82, 2.24) is 0 Å². The number of hydrogen-bond acceptors (Lipinski definition) is 0. The molecule has 0 amide bonds. The Morgan fingerprint density at radius 3 is 2.40 bits per heavy atom. The van der Waals surface area contributed by atoms with Gasteiger partial charge in [-0.1, -0.05) is 122 Å². The van der Waals surface area contributed by atoms with Crippen LogP contribution >= 0.6 is 0 Å². The second kappa shape index (κ2) is 9.70. The molecule has 2 aromatic rings. The van der Waals surface area contributed by atoms with Crippen molar-refractivity contribution in [2.75, 3.05) is 0 Å². The average molecular weight is 457 g/mol. The predicted octanol–water partition coefficient (Wildman–Crippen LogP) is 9.61. The quantitative estimate of drug-likeness (QED) is 0.406. The number of hydrogen-bond donors (Lipinski definition) is 0. The fraction of sp³-hybridized carbons (Fsp3) is 0.257. The molecule has 0 nitrogen and oxygen atoms in total. The van der Waals surface area contributed by atoms with E-state index in [0.29, 0.717) is 11.8 Å². The van der Waals surface area contributed by atoms with Crippen molar-refractivity contribution in [3.05, 3.63) is 148 Å². The number of allylic oxidation sites excluding steroid dienone is 12.